The largest absolute Gasteiger partial charge is 0.368 e. The van der Waals surface area contributed by atoms with Gasteiger partial charge in [0.2, 0.25) is 0 Å². The van der Waals surface area contributed by atoms with Crippen molar-refractivity contribution >= 4 is 52.4 Å². The minimum absolute atomic E-state index is 0.0199. The Morgan fingerprint density at radius 1 is 0.973 bits per heavy atom. The van der Waals surface area contributed by atoms with Crippen LogP contribution in [0.3, 0.4) is 0 Å². The van der Waals surface area contributed by atoms with E-state index in [2.05, 4.69) is 0 Å². The Morgan fingerprint density at radius 2 is 1.65 bits per heavy atom. The van der Waals surface area contributed by atoms with E-state index in [1.165, 1.54) is 4.90 Å². The third-order valence-electron chi connectivity index (χ3n) is 6.67. The SMILES string of the molecule is O=C(c1ccc(/C=C2\SC(=O)N(Cc3ccc(Cl)cc3)C2=O)cc1)N1CCN(C(=O)C2CCCO2)CC1. The van der Waals surface area contributed by atoms with Gasteiger partial charge in [0.1, 0.15) is 6.10 Å². The average Bonchev–Trinajstić information content (AvgIpc) is 3.55. The number of carbonyl (C=O) groups excluding carboxylic acids is 4. The van der Waals surface area contributed by atoms with Crippen LogP contribution < -0.4 is 0 Å². The van der Waals surface area contributed by atoms with Gasteiger partial charge in [0.25, 0.3) is 23.0 Å². The van der Waals surface area contributed by atoms with Crippen LogP contribution >= 0.6 is 23.4 Å². The van der Waals surface area contributed by atoms with E-state index in [1.54, 1.807) is 64.4 Å². The minimum Gasteiger partial charge on any atom is -0.368 e. The van der Waals surface area contributed by atoms with Crippen LogP contribution in [-0.4, -0.2) is 76.6 Å². The third kappa shape index (κ3) is 5.74. The fourth-order valence-corrected chi connectivity index (χ4v) is 5.53. The van der Waals surface area contributed by atoms with E-state index in [1.807, 2.05) is 0 Å². The number of imide groups is 1. The summed E-state index contributed by atoms with van der Waals surface area (Å²) in [6, 6.07) is 14.0. The molecule has 3 saturated heterocycles. The molecule has 2 aromatic rings. The first-order valence-corrected chi connectivity index (χ1v) is 13.4. The first-order valence-electron chi connectivity index (χ1n) is 12.2. The number of nitrogens with zero attached hydrogens (tertiary/aromatic N) is 3. The summed E-state index contributed by atoms with van der Waals surface area (Å²) in [5.74, 6) is -0.425. The lowest BCUT2D eigenvalue weighted by molar-refractivity contribution is -0.142. The van der Waals surface area contributed by atoms with Crippen molar-refractivity contribution in [3.8, 4) is 0 Å². The Hall–Kier alpha value is -3.14. The van der Waals surface area contributed by atoms with Gasteiger partial charge < -0.3 is 14.5 Å². The van der Waals surface area contributed by atoms with Crippen LogP contribution in [0.4, 0.5) is 4.79 Å². The number of rotatable bonds is 5. The Bertz CT molecular complexity index is 1230. The lowest BCUT2D eigenvalue weighted by atomic mass is 10.1. The maximum Gasteiger partial charge on any atom is 0.293 e. The molecule has 0 aliphatic carbocycles. The zero-order valence-corrected chi connectivity index (χ0v) is 21.7. The summed E-state index contributed by atoms with van der Waals surface area (Å²) < 4.78 is 5.49. The summed E-state index contributed by atoms with van der Waals surface area (Å²) in [4.78, 5) is 55.9. The van der Waals surface area contributed by atoms with Gasteiger partial charge in [-0.15, -0.1) is 0 Å². The van der Waals surface area contributed by atoms with Gasteiger partial charge in [0, 0.05) is 43.4 Å². The number of thioether (sulfide) groups is 1. The van der Waals surface area contributed by atoms with E-state index in [0.29, 0.717) is 48.3 Å². The smallest absolute Gasteiger partial charge is 0.293 e. The van der Waals surface area contributed by atoms with Crippen LogP contribution in [0.25, 0.3) is 6.08 Å². The predicted octanol–water partition coefficient (Wildman–Crippen LogP) is 4.04. The summed E-state index contributed by atoms with van der Waals surface area (Å²) in [7, 11) is 0. The average molecular weight is 540 g/mol. The zero-order chi connectivity index (χ0) is 25.9. The van der Waals surface area contributed by atoms with Crippen molar-refractivity contribution < 1.29 is 23.9 Å². The molecule has 3 heterocycles. The highest BCUT2D eigenvalue weighted by molar-refractivity contribution is 8.18. The monoisotopic (exact) mass is 539 g/mol. The van der Waals surface area contributed by atoms with Gasteiger partial charge in [-0.05, 0) is 66.1 Å². The molecule has 0 radical (unpaired) electrons. The van der Waals surface area contributed by atoms with Gasteiger partial charge in [0.15, 0.2) is 0 Å². The fourth-order valence-electron chi connectivity index (χ4n) is 4.57. The second-order valence-corrected chi connectivity index (χ2v) is 10.6. The number of benzene rings is 2. The first-order chi connectivity index (χ1) is 17.9. The molecule has 2 aromatic carbocycles. The fraction of sp³-hybridized carbons (Fsp3) is 0.333. The van der Waals surface area contributed by atoms with E-state index in [-0.39, 0.29) is 35.6 Å². The molecule has 0 N–H and O–H groups in total. The standard InChI is InChI=1S/C27H26ClN3O5S/c28-21-9-5-19(6-10-21)17-31-26(34)23(37-27(31)35)16-18-3-7-20(8-4-18)24(32)29-11-13-30(14-12-29)25(33)22-2-1-15-36-22/h3-10,16,22H,1-2,11-15,17H2/b23-16-. The highest BCUT2D eigenvalue weighted by Gasteiger charge is 2.35. The molecular weight excluding hydrogens is 514 g/mol. The molecule has 0 spiro atoms. The maximum absolute atomic E-state index is 13.0. The van der Waals surface area contributed by atoms with Crippen molar-refractivity contribution in [3.05, 3.63) is 75.1 Å². The number of hydrogen-bond acceptors (Lipinski definition) is 6. The third-order valence-corrected chi connectivity index (χ3v) is 7.83. The van der Waals surface area contributed by atoms with Crippen molar-refractivity contribution in [2.24, 2.45) is 0 Å². The van der Waals surface area contributed by atoms with Gasteiger partial charge in [-0.1, -0.05) is 35.9 Å². The normalized spacial score (nSPS) is 21.3. The molecule has 3 aliphatic rings. The molecule has 1 unspecified atom stereocenters. The van der Waals surface area contributed by atoms with E-state index >= 15 is 0 Å². The van der Waals surface area contributed by atoms with Gasteiger partial charge >= 0.3 is 0 Å². The number of ether oxygens (including phenoxy) is 1. The number of hydrogen-bond donors (Lipinski definition) is 0. The molecule has 0 bridgehead atoms. The minimum atomic E-state index is -0.347. The summed E-state index contributed by atoms with van der Waals surface area (Å²) in [6.45, 7) is 2.74. The molecule has 4 amide bonds. The highest BCUT2D eigenvalue weighted by atomic mass is 35.5. The number of amides is 4. The van der Waals surface area contributed by atoms with Crippen molar-refractivity contribution in [2.45, 2.75) is 25.5 Å². The topological polar surface area (TPSA) is 87.2 Å². The van der Waals surface area contributed by atoms with Gasteiger partial charge in [-0.3, -0.25) is 24.1 Å². The molecule has 192 valence electrons. The molecule has 37 heavy (non-hydrogen) atoms. The Kier molecular flexibility index (Phi) is 7.64. The molecule has 0 aromatic heterocycles. The van der Waals surface area contributed by atoms with Crippen LogP contribution in [0.15, 0.2) is 53.4 Å². The summed E-state index contributed by atoms with van der Waals surface area (Å²) in [5.41, 5.74) is 2.07. The van der Waals surface area contributed by atoms with Crippen molar-refractivity contribution in [3.63, 3.8) is 0 Å². The van der Waals surface area contributed by atoms with Crippen molar-refractivity contribution in [1.82, 2.24) is 14.7 Å². The van der Waals surface area contributed by atoms with E-state index in [0.717, 1.165) is 35.7 Å². The number of piperazine rings is 1. The Labute approximate surface area is 224 Å². The summed E-state index contributed by atoms with van der Waals surface area (Å²) in [5, 5.41) is 0.265. The molecule has 5 rings (SSSR count). The molecule has 3 fully saturated rings. The van der Waals surface area contributed by atoms with Crippen molar-refractivity contribution in [1.29, 1.82) is 0 Å². The van der Waals surface area contributed by atoms with Crippen LogP contribution in [0.2, 0.25) is 5.02 Å². The highest BCUT2D eigenvalue weighted by Crippen LogP contribution is 2.33. The second-order valence-electron chi connectivity index (χ2n) is 9.14. The van der Waals surface area contributed by atoms with Gasteiger partial charge in [0.05, 0.1) is 11.4 Å². The summed E-state index contributed by atoms with van der Waals surface area (Å²) >= 11 is 6.81. The van der Waals surface area contributed by atoms with E-state index in [9.17, 15) is 19.2 Å². The zero-order valence-electron chi connectivity index (χ0n) is 20.1. The molecule has 3 aliphatic heterocycles. The van der Waals surface area contributed by atoms with E-state index < -0.39 is 0 Å². The van der Waals surface area contributed by atoms with Crippen LogP contribution in [0.5, 0.6) is 0 Å². The van der Waals surface area contributed by atoms with E-state index in [4.69, 9.17) is 16.3 Å². The van der Waals surface area contributed by atoms with Gasteiger partial charge in [-0.25, -0.2) is 0 Å². The van der Waals surface area contributed by atoms with Crippen molar-refractivity contribution in [2.75, 3.05) is 32.8 Å². The number of halogens is 1. The molecule has 0 saturated carbocycles. The maximum atomic E-state index is 13.0. The second kappa shape index (κ2) is 11.1. The Morgan fingerprint density at radius 3 is 2.30 bits per heavy atom. The first kappa shape index (κ1) is 25.5. The Balaban J connectivity index is 1.18. The quantitative estimate of drug-likeness (QED) is 0.533. The van der Waals surface area contributed by atoms with Crippen LogP contribution in [0, 0.1) is 0 Å². The number of carbonyl (C=O) groups is 4. The molecule has 1 atom stereocenters. The van der Waals surface area contributed by atoms with Crippen LogP contribution in [-0.2, 0) is 20.9 Å². The molecular formula is C27H26ClN3O5S. The molecule has 10 heteroatoms. The lowest BCUT2D eigenvalue weighted by Crippen LogP contribution is -2.52. The molecule has 8 nitrogen and oxygen atoms in total. The van der Waals surface area contributed by atoms with Crippen LogP contribution in [0.1, 0.15) is 34.3 Å². The summed E-state index contributed by atoms with van der Waals surface area (Å²) in [6.07, 6.45) is 3.00. The van der Waals surface area contributed by atoms with Gasteiger partial charge in [-0.2, -0.15) is 0 Å². The lowest BCUT2D eigenvalue weighted by Gasteiger charge is -2.35. The predicted molar refractivity (Wildman–Crippen MR) is 141 cm³/mol.